The van der Waals surface area contributed by atoms with Crippen molar-refractivity contribution in [2.24, 2.45) is 5.92 Å². The van der Waals surface area contributed by atoms with E-state index in [1.165, 1.54) is 18.3 Å². The highest BCUT2D eigenvalue weighted by atomic mass is 32.2. The van der Waals surface area contributed by atoms with E-state index >= 15 is 0 Å². The van der Waals surface area contributed by atoms with Gasteiger partial charge in [0.25, 0.3) is 0 Å². The third kappa shape index (κ3) is 4.21. The van der Waals surface area contributed by atoms with Crippen LogP contribution in [0.25, 0.3) is 11.3 Å². The molecule has 0 bridgehead atoms. The summed E-state index contributed by atoms with van der Waals surface area (Å²) in [5, 5.41) is 12.5. The first-order valence-corrected chi connectivity index (χ1v) is 9.42. The van der Waals surface area contributed by atoms with Crippen molar-refractivity contribution in [3.05, 3.63) is 30.5 Å². The first kappa shape index (κ1) is 18.2. The van der Waals surface area contributed by atoms with E-state index in [0.717, 1.165) is 11.8 Å². The van der Waals surface area contributed by atoms with Gasteiger partial charge < -0.3 is 16.2 Å². The molecule has 0 aliphatic heterocycles. The maximum Gasteiger partial charge on any atom is 0.175 e. The molecule has 2 aromatic rings. The number of hydrogen-bond donors (Lipinski definition) is 3. The number of nitrogen functional groups attached to an aromatic ring is 1. The molecule has 1 aromatic heterocycles. The summed E-state index contributed by atoms with van der Waals surface area (Å²) in [5.41, 5.74) is 7.14. The molecule has 0 amide bonds. The molecule has 2 rings (SSSR count). The number of aliphatic hydroxyl groups excluding tert-OH is 1. The fourth-order valence-corrected chi connectivity index (χ4v) is 2.75. The zero-order valence-electron chi connectivity index (χ0n) is 13.9. The molecule has 0 fully saturated rings. The molecule has 0 unspecified atom stereocenters. The van der Waals surface area contributed by atoms with Crippen LogP contribution >= 0.6 is 0 Å². The summed E-state index contributed by atoms with van der Waals surface area (Å²) in [6.45, 7) is 3.91. The first-order chi connectivity index (χ1) is 11.2. The van der Waals surface area contributed by atoms with Crippen LogP contribution < -0.4 is 11.1 Å². The number of aromatic nitrogens is 2. The normalized spacial score (nSPS) is 13.0. The van der Waals surface area contributed by atoms with Crippen molar-refractivity contribution in [3.63, 3.8) is 0 Å². The second-order valence-electron chi connectivity index (χ2n) is 5.96. The molecule has 0 saturated heterocycles. The average molecular weight is 350 g/mol. The van der Waals surface area contributed by atoms with Crippen molar-refractivity contribution in [1.82, 2.24) is 9.97 Å². The SMILES string of the molecule is CC(C)[C@H](CO)Nc1nc(-c2ccc(S(C)(=O)=O)cc2)cnc1N. The van der Waals surface area contributed by atoms with Gasteiger partial charge in [0, 0.05) is 11.8 Å². The second kappa shape index (κ2) is 7.14. The van der Waals surface area contributed by atoms with E-state index in [0.29, 0.717) is 11.5 Å². The molecule has 130 valence electrons. The highest BCUT2D eigenvalue weighted by Gasteiger charge is 2.15. The smallest absolute Gasteiger partial charge is 0.175 e. The number of nitrogens with two attached hydrogens (primary N) is 1. The summed E-state index contributed by atoms with van der Waals surface area (Å²) < 4.78 is 23.0. The van der Waals surface area contributed by atoms with Crippen molar-refractivity contribution in [2.45, 2.75) is 24.8 Å². The molecule has 4 N–H and O–H groups in total. The maximum atomic E-state index is 11.5. The molecule has 24 heavy (non-hydrogen) atoms. The van der Waals surface area contributed by atoms with E-state index in [4.69, 9.17) is 5.73 Å². The molecule has 0 spiro atoms. The van der Waals surface area contributed by atoms with Crippen LogP contribution in [0, 0.1) is 5.92 Å². The summed E-state index contributed by atoms with van der Waals surface area (Å²) in [6.07, 6.45) is 2.69. The number of rotatable bonds is 6. The van der Waals surface area contributed by atoms with Gasteiger partial charge in [-0.15, -0.1) is 0 Å². The lowest BCUT2D eigenvalue weighted by atomic mass is 10.1. The Labute approximate surface area is 141 Å². The Morgan fingerprint density at radius 2 is 1.88 bits per heavy atom. The lowest BCUT2D eigenvalue weighted by molar-refractivity contribution is 0.249. The first-order valence-electron chi connectivity index (χ1n) is 7.52. The monoisotopic (exact) mass is 350 g/mol. The molecule has 0 aliphatic carbocycles. The maximum absolute atomic E-state index is 11.5. The van der Waals surface area contributed by atoms with Crippen molar-refractivity contribution < 1.29 is 13.5 Å². The molecule has 1 aromatic carbocycles. The minimum atomic E-state index is -3.24. The van der Waals surface area contributed by atoms with Gasteiger partial charge in [-0.25, -0.2) is 18.4 Å². The zero-order valence-corrected chi connectivity index (χ0v) is 14.7. The van der Waals surface area contributed by atoms with E-state index in [1.54, 1.807) is 12.1 Å². The van der Waals surface area contributed by atoms with Crippen LogP contribution in [-0.2, 0) is 9.84 Å². The highest BCUT2D eigenvalue weighted by Crippen LogP contribution is 2.23. The van der Waals surface area contributed by atoms with Crippen LogP contribution in [-0.4, -0.2) is 42.4 Å². The summed E-state index contributed by atoms with van der Waals surface area (Å²) in [5.74, 6) is 0.826. The number of sulfone groups is 1. The van der Waals surface area contributed by atoms with Crippen molar-refractivity contribution in [2.75, 3.05) is 23.9 Å². The lowest BCUT2D eigenvalue weighted by Gasteiger charge is -2.21. The van der Waals surface area contributed by atoms with E-state index in [1.807, 2.05) is 13.8 Å². The topological polar surface area (TPSA) is 118 Å². The van der Waals surface area contributed by atoms with E-state index in [2.05, 4.69) is 15.3 Å². The van der Waals surface area contributed by atoms with Crippen LogP contribution in [0.5, 0.6) is 0 Å². The van der Waals surface area contributed by atoms with E-state index in [9.17, 15) is 13.5 Å². The number of nitrogens with one attached hydrogen (secondary N) is 1. The second-order valence-corrected chi connectivity index (χ2v) is 7.98. The van der Waals surface area contributed by atoms with Crippen LogP contribution in [0.15, 0.2) is 35.4 Å². The minimum Gasteiger partial charge on any atom is -0.394 e. The van der Waals surface area contributed by atoms with Gasteiger partial charge in [0.15, 0.2) is 21.5 Å². The third-order valence-electron chi connectivity index (χ3n) is 3.70. The third-order valence-corrected chi connectivity index (χ3v) is 4.83. The van der Waals surface area contributed by atoms with Gasteiger partial charge in [0.05, 0.1) is 29.4 Å². The minimum absolute atomic E-state index is 0.0495. The van der Waals surface area contributed by atoms with Gasteiger partial charge in [0.1, 0.15) is 0 Å². The molecule has 0 saturated carbocycles. The Hall–Kier alpha value is -2.19. The molecular formula is C16H22N4O3S. The largest absolute Gasteiger partial charge is 0.394 e. The van der Waals surface area contributed by atoms with E-state index in [-0.39, 0.29) is 29.3 Å². The van der Waals surface area contributed by atoms with Gasteiger partial charge in [-0.2, -0.15) is 0 Å². The van der Waals surface area contributed by atoms with Gasteiger partial charge in [-0.1, -0.05) is 26.0 Å². The van der Waals surface area contributed by atoms with Crippen LogP contribution in [0.1, 0.15) is 13.8 Å². The molecule has 0 radical (unpaired) electrons. The van der Waals surface area contributed by atoms with Gasteiger partial charge in [-0.05, 0) is 18.1 Å². The predicted molar refractivity (Wildman–Crippen MR) is 94.3 cm³/mol. The number of anilines is 2. The molecule has 0 aliphatic rings. The Morgan fingerprint density at radius 1 is 1.25 bits per heavy atom. The summed E-state index contributed by atoms with van der Waals surface area (Å²) in [4.78, 5) is 8.82. The molecule has 7 nitrogen and oxygen atoms in total. The summed E-state index contributed by atoms with van der Waals surface area (Å²) >= 11 is 0. The number of aliphatic hydroxyl groups is 1. The van der Waals surface area contributed by atoms with Crippen molar-refractivity contribution >= 4 is 21.5 Å². The highest BCUT2D eigenvalue weighted by molar-refractivity contribution is 7.90. The quantitative estimate of drug-likeness (QED) is 0.723. The number of nitrogens with zero attached hydrogens (tertiary/aromatic N) is 2. The Morgan fingerprint density at radius 3 is 2.38 bits per heavy atom. The average Bonchev–Trinajstić information content (AvgIpc) is 2.53. The number of benzene rings is 1. The molecular weight excluding hydrogens is 328 g/mol. The van der Waals surface area contributed by atoms with E-state index < -0.39 is 9.84 Å². The predicted octanol–water partition coefficient (Wildman–Crippen LogP) is 1.56. The zero-order chi connectivity index (χ0) is 17.9. The fraction of sp³-hybridized carbons (Fsp3) is 0.375. The van der Waals surface area contributed by atoms with Crippen LogP contribution in [0.4, 0.5) is 11.6 Å². The van der Waals surface area contributed by atoms with Crippen molar-refractivity contribution in [3.8, 4) is 11.3 Å². The summed E-state index contributed by atoms with van der Waals surface area (Å²) in [7, 11) is -3.24. The Kier molecular flexibility index (Phi) is 5.40. The van der Waals surface area contributed by atoms with Gasteiger partial charge in [0.2, 0.25) is 0 Å². The van der Waals surface area contributed by atoms with Crippen LogP contribution in [0.2, 0.25) is 0 Å². The number of hydrogen-bond acceptors (Lipinski definition) is 7. The Balaban J connectivity index is 2.34. The molecule has 1 heterocycles. The summed E-state index contributed by atoms with van der Waals surface area (Å²) in [6, 6.07) is 6.21. The molecule has 8 heteroatoms. The van der Waals surface area contributed by atoms with Crippen molar-refractivity contribution in [1.29, 1.82) is 0 Å². The Bertz CT molecular complexity index is 805. The fourth-order valence-electron chi connectivity index (χ4n) is 2.12. The lowest BCUT2D eigenvalue weighted by Crippen LogP contribution is -2.30. The van der Waals surface area contributed by atoms with Gasteiger partial charge >= 0.3 is 0 Å². The molecule has 1 atom stereocenters. The standard InChI is InChI=1S/C16H22N4O3S/c1-10(2)14(9-21)20-16-15(17)18-8-13(19-16)11-4-6-12(7-5-11)24(3,22)23/h4-8,10,14,21H,9H2,1-3H3,(H2,17,18)(H,19,20)/t14-/m0/s1. The van der Waals surface area contributed by atoms with Crippen LogP contribution in [0.3, 0.4) is 0 Å². The van der Waals surface area contributed by atoms with Gasteiger partial charge in [-0.3, -0.25) is 0 Å².